The van der Waals surface area contributed by atoms with Gasteiger partial charge in [-0.25, -0.2) is 14.4 Å². The number of fused-ring (bicyclic) bond motifs is 2. The largest absolute Gasteiger partial charge is 0.323 e. The Morgan fingerprint density at radius 2 is 2.10 bits per heavy atom. The van der Waals surface area contributed by atoms with Crippen LogP contribution in [0.5, 0.6) is 0 Å². The average Bonchev–Trinajstić information content (AvgIpc) is 3.01. The number of halogens is 1. The molecule has 2 heterocycles. The maximum atomic E-state index is 13.2. The molecule has 0 spiro atoms. The van der Waals surface area contributed by atoms with Crippen molar-refractivity contribution < 1.29 is 4.39 Å². The number of imidazole rings is 2. The molecule has 0 amide bonds. The minimum absolute atomic E-state index is 0.279. The second-order valence-corrected chi connectivity index (χ2v) is 4.78. The molecule has 0 saturated heterocycles. The Labute approximate surface area is 113 Å². The van der Waals surface area contributed by atoms with E-state index in [2.05, 4.69) is 15.0 Å². The van der Waals surface area contributed by atoms with E-state index in [0.717, 1.165) is 22.1 Å². The molecule has 0 atom stereocenters. The smallest absolute Gasteiger partial charge is 0.213 e. The van der Waals surface area contributed by atoms with Gasteiger partial charge in [-0.1, -0.05) is 12.1 Å². The Hall–Kier alpha value is -2.69. The normalized spacial score (nSPS) is 11.5. The number of hydrogen-bond donors (Lipinski definition) is 1. The van der Waals surface area contributed by atoms with Gasteiger partial charge in [0.1, 0.15) is 12.1 Å². The second kappa shape index (κ2) is 3.90. The van der Waals surface area contributed by atoms with Crippen LogP contribution in [0.2, 0.25) is 0 Å². The molecule has 4 rings (SSSR count). The number of rotatable bonds is 1. The first-order valence-electron chi connectivity index (χ1n) is 6.31. The summed E-state index contributed by atoms with van der Waals surface area (Å²) in [5.41, 5.74) is 4.44. The maximum absolute atomic E-state index is 13.2. The van der Waals surface area contributed by atoms with Gasteiger partial charge < -0.3 is 4.98 Å². The van der Waals surface area contributed by atoms with E-state index in [0.29, 0.717) is 11.5 Å². The first-order chi connectivity index (χ1) is 9.72. The van der Waals surface area contributed by atoms with Crippen molar-refractivity contribution in [3.8, 4) is 5.95 Å². The number of hydrogen-bond acceptors (Lipinski definition) is 2. The third-order valence-electron chi connectivity index (χ3n) is 3.44. The van der Waals surface area contributed by atoms with Gasteiger partial charge in [0.2, 0.25) is 5.95 Å². The molecule has 2 aromatic carbocycles. The lowest BCUT2D eigenvalue weighted by atomic mass is 10.2. The molecule has 5 heteroatoms. The number of para-hydroxylation sites is 1. The number of nitrogens with one attached hydrogen (secondary N) is 1. The van der Waals surface area contributed by atoms with Gasteiger partial charge >= 0.3 is 0 Å². The number of aryl methyl sites for hydroxylation is 1. The molecule has 0 aliphatic rings. The Balaban J connectivity index is 1.99. The predicted octanol–water partition coefficient (Wildman–Crippen LogP) is 3.35. The van der Waals surface area contributed by atoms with Gasteiger partial charge in [-0.3, -0.25) is 4.57 Å². The zero-order valence-corrected chi connectivity index (χ0v) is 10.8. The summed E-state index contributed by atoms with van der Waals surface area (Å²) < 4.78 is 15.1. The van der Waals surface area contributed by atoms with Crippen LogP contribution in [0.15, 0.2) is 42.7 Å². The molecule has 0 unspecified atom stereocenters. The van der Waals surface area contributed by atoms with E-state index in [9.17, 15) is 4.39 Å². The lowest BCUT2D eigenvalue weighted by Crippen LogP contribution is -1.94. The van der Waals surface area contributed by atoms with E-state index in [1.54, 1.807) is 12.4 Å². The van der Waals surface area contributed by atoms with E-state index in [1.165, 1.54) is 12.1 Å². The van der Waals surface area contributed by atoms with Crippen LogP contribution in [0.1, 0.15) is 5.56 Å². The highest BCUT2D eigenvalue weighted by Gasteiger charge is 2.10. The van der Waals surface area contributed by atoms with Crippen molar-refractivity contribution in [2.45, 2.75) is 6.92 Å². The highest BCUT2D eigenvalue weighted by atomic mass is 19.1. The third-order valence-corrected chi connectivity index (χ3v) is 3.44. The molecule has 0 fully saturated rings. The van der Waals surface area contributed by atoms with Gasteiger partial charge in [-0.05, 0) is 36.8 Å². The van der Waals surface area contributed by atoms with Gasteiger partial charge in [0.25, 0.3) is 0 Å². The summed E-state index contributed by atoms with van der Waals surface area (Å²) in [7, 11) is 0. The minimum atomic E-state index is -0.279. The predicted molar refractivity (Wildman–Crippen MR) is 75.4 cm³/mol. The second-order valence-electron chi connectivity index (χ2n) is 4.78. The summed E-state index contributed by atoms with van der Waals surface area (Å²) in [6.07, 6.45) is 1.73. The van der Waals surface area contributed by atoms with Crippen molar-refractivity contribution >= 4 is 22.1 Å². The highest BCUT2D eigenvalue weighted by Crippen LogP contribution is 2.21. The van der Waals surface area contributed by atoms with Crippen molar-refractivity contribution in [1.29, 1.82) is 0 Å². The lowest BCUT2D eigenvalue weighted by molar-refractivity contribution is 0.629. The van der Waals surface area contributed by atoms with Crippen LogP contribution in [-0.2, 0) is 0 Å². The molecule has 0 aliphatic carbocycles. The first-order valence-corrected chi connectivity index (χ1v) is 6.31. The molecular weight excluding hydrogens is 255 g/mol. The molecule has 20 heavy (non-hydrogen) atoms. The van der Waals surface area contributed by atoms with Crippen molar-refractivity contribution in [2.75, 3.05) is 0 Å². The van der Waals surface area contributed by atoms with Gasteiger partial charge in [-0.15, -0.1) is 0 Å². The molecule has 0 aliphatic heterocycles. The van der Waals surface area contributed by atoms with Crippen LogP contribution in [0.25, 0.3) is 28.0 Å². The molecular formula is C15H11FN4. The van der Waals surface area contributed by atoms with E-state index < -0.39 is 0 Å². The Morgan fingerprint density at radius 1 is 1.20 bits per heavy atom. The van der Waals surface area contributed by atoms with Crippen molar-refractivity contribution in [3.63, 3.8) is 0 Å². The molecule has 0 radical (unpaired) electrons. The fraction of sp³-hybridized carbons (Fsp3) is 0.0667. The third kappa shape index (κ3) is 1.53. The monoisotopic (exact) mass is 266 g/mol. The van der Waals surface area contributed by atoms with E-state index in [-0.39, 0.29) is 5.82 Å². The topological polar surface area (TPSA) is 46.5 Å². The van der Waals surface area contributed by atoms with Crippen LogP contribution in [0.4, 0.5) is 4.39 Å². The molecule has 0 saturated carbocycles. The van der Waals surface area contributed by atoms with Gasteiger partial charge in [0.15, 0.2) is 0 Å². The zero-order chi connectivity index (χ0) is 13.7. The van der Waals surface area contributed by atoms with E-state index >= 15 is 0 Å². The Kier molecular flexibility index (Phi) is 2.18. The highest BCUT2D eigenvalue weighted by molar-refractivity contribution is 5.81. The minimum Gasteiger partial charge on any atom is -0.323 e. The summed E-state index contributed by atoms with van der Waals surface area (Å²) >= 11 is 0. The summed E-state index contributed by atoms with van der Waals surface area (Å²) in [4.78, 5) is 12.0. The summed E-state index contributed by atoms with van der Waals surface area (Å²) in [6, 6.07) is 10.5. The molecule has 1 N–H and O–H groups in total. The van der Waals surface area contributed by atoms with Gasteiger partial charge in [0, 0.05) is 0 Å². The van der Waals surface area contributed by atoms with Crippen molar-refractivity contribution in [1.82, 2.24) is 19.5 Å². The number of H-pyrrole nitrogens is 1. The fourth-order valence-electron chi connectivity index (χ4n) is 2.43. The summed E-state index contributed by atoms with van der Waals surface area (Å²) in [5, 5.41) is 0. The van der Waals surface area contributed by atoms with E-state index in [1.807, 2.05) is 29.7 Å². The Morgan fingerprint density at radius 3 is 3.00 bits per heavy atom. The number of aromatic nitrogens is 4. The molecule has 4 nitrogen and oxygen atoms in total. The van der Waals surface area contributed by atoms with Crippen LogP contribution >= 0.6 is 0 Å². The summed E-state index contributed by atoms with van der Waals surface area (Å²) in [5.74, 6) is 0.359. The average molecular weight is 266 g/mol. The molecule has 4 aromatic rings. The summed E-state index contributed by atoms with van der Waals surface area (Å²) in [6.45, 7) is 2.02. The zero-order valence-electron chi connectivity index (χ0n) is 10.8. The quantitative estimate of drug-likeness (QED) is 0.574. The number of nitrogens with zero attached hydrogens (tertiary/aromatic N) is 3. The number of benzene rings is 2. The van der Waals surface area contributed by atoms with Crippen LogP contribution in [0.3, 0.4) is 0 Å². The van der Waals surface area contributed by atoms with Gasteiger partial charge in [-0.2, -0.15) is 0 Å². The van der Waals surface area contributed by atoms with Crippen LogP contribution in [-0.4, -0.2) is 19.5 Å². The SMILES string of the molecule is Cc1cccc2c1ncn2-c1nc2ccc(F)cc2[nH]1. The lowest BCUT2D eigenvalue weighted by Gasteiger charge is -1.99. The fourth-order valence-corrected chi connectivity index (χ4v) is 2.43. The first kappa shape index (κ1) is 11.2. The molecule has 98 valence electrons. The Bertz CT molecular complexity index is 936. The standard InChI is InChI=1S/C15H11FN4/c1-9-3-2-4-13-14(9)17-8-20(13)15-18-11-6-5-10(16)7-12(11)19-15/h2-8H,1H3,(H,18,19). The van der Waals surface area contributed by atoms with Crippen LogP contribution in [0, 0.1) is 12.7 Å². The van der Waals surface area contributed by atoms with E-state index in [4.69, 9.17) is 0 Å². The molecule has 0 bridgehead atoms. The van der Waals surface area contributed by atoms with Crippen molar-refractivity contribution in [2.24, 2.45) is 0 Å². The van der Waals surface area contributed by atoms with Gasteiger partial charge in [0.05, 0.1) is 22.1 Å². The molecule has 2 aromatic heterocycles. The maximum Gasteiger partial charge on any atom is 0.213 e. The van der Waals surface area contributed by atoms with Crippen molar-refractivity contribution in [3.05, 3.63) is 54.1 Å². The van der Waals surface area contributed by atoms with Crippen LogP contribution < -0.4 is 0 Å². The number of aromatic amines is 1.